The second-order valence-electron chi connectivity index (χ2n) is 6.95. The third-order valence-electron chi connectivity index (χ3n) is 5.13. The van der Waals surface area contributed by atoms with Crippen molar-refractivity contribution in [3.63, 3.8) is 0 Å². The molecule has 0 aliphatic carbocycles. The lowest BCUT2D eigenvalue weighted by Crippen LogP contribution is -2.36. The van der Waals surface area contributed by atoms with Crippen LogP contribution in [-0.2, 0) is 24.4 Å². The van der Waals surface area contributed by atoms with Gasteiger partial charge in [0.2, 0.25) is 0 Å². The molecule has 1 amide bonds. The van der Waals surface area contributed by atoms with Crippen molar-refractivity contribution < 1.29 is 9.53 Å². The number of hydrogen-bond acceptors (Lipinski definition) is 5. The van der Waals surface area contributed by atoms with E-state index in [2.05, 4.69) is 32.7 Å². The van der Waals surface area contributed by atoms with Crippen molar-refractivity contribution >= 4 is 16.9 Å². The number of aryl methyl sites for hydroxylation is 1. The predicted molar refractivity (Wildman–Crippen MR) is 107 cm³/mol. The molecule has 0 saturated carbocycles. The maximum atomic E-state index is 12.6. The highest BCUT2D eigenvalue weighted by Gasteiger charge is 2.14. The number of aromatic nitrogens is 3. The topological polar surface area (TPSA) is 72.3 Å². The first-order chi connectivity index (χ1) is 13.7. The number of amides is 1. The minimum Gasteiger partial charge on any atom is -0.379 e. The first-order valence-electron chi connectivity index (χ1n) is 9.73. The normalized spacial score (nSPS) is 15.0. The fraction of sp³-hybridized carbons (Fsp3) is 0.381. The van der Waals surface area contributed by atoms with Gasteiger partial charge in [-0.3, -0.25) is 9.69 Å². The van der Waals surface area contributed by atoms with E-state index in [4.69, 9.17) is 4.74 Å². The summed E-state index contributed by atoms with van der Waals surface area (Å²) in [5.41, 5.74) is 4.66. The highest BCUT2D eigenvalue weighted by molar-refractivity contribution is 5.97. The summed E-state index contributed by atoms with van der Waals surface area (Å²) in [5.74, 6) is -0.103. The summed E-state index contributed by atoms with van der Waals surface area (Å²) in [6.45, 7) is 7.60. The molecule has 1 aromatic heterocycles. The van der Waals surface area contributed by atoms with Crippen LogP contribution < -0.4 is 5.32 Å². The number of hydrogen-bond donors (Lipinski definition) is 1. The molecule has 1 aliphatic rings. The Bertz CT molecular complexity index is 962. The molecule has 0 unspecified atom stereocenters. The summed E-state index contributed by atoms with van der Waals surface area (Å²) in [6.07, 6.45) is 0. The van der Waals surface area contributed by atoms with Crippen LogP contribution in [0.3, 0.4) is 0 Å². The number of nitrogens with zero attached hydrogens (tertiary/aromatic N) is 4. The number of carbonyl (C=O) groups is 1. The minimum atomic E-state index is -0.103. The van der Waals surface area contributed by atoms with E-state index in [-0.39, 0.29) is 5.91 Å². The van der Waals surface area contributed by atoms with Gasteiger partial charge in [0.15, 0.2) is 0 Å². The first-order valence-corrected chi connectivity index (χ1v) is 9.73. The van der Waals surface area contributed by atoms with E-state index in [1.54, 1.807) is 6.07 Å². The highest BCUT2D eigenvalue weighted by Crippen LogP contribution is 2.15. The van der Waals surface area contributed by atoms with Crippen LogP contribution in [0.1, 0.15) is 28.4 Å². The molecule has 0 bridgehead atoms. The van der Waals surface area contributed by atoms with Crippen LogP contribution in [0.2, 0.25) is 0 Å². The summed E-state index contributed by atoms with van der Waals surface area (Å²) in [6, 6.07) is 13.8. The molecular formula is C21H25N5O2. The molecule has 7 nitrogen and oxygen atoms in total. The lowest BCUT2D eigenvalue weighted by atomic mass is 10.1. The number of ether oxygens (including phenoxy) is 1. The molecule has 4 rings (SSSR count). The van der Waals surface area contributed by atoms with E-state index in [1.807, 2.05) is 35.9 Å². The molecule has 2 aromatic carbocycles. The minimum absolute atomic E-state index is 0.103. The molecule has 1 fully saturated rings. The predicted octanol–water partition coefficient (Wildman–Crippen LogP) is 2.21. The molecule has 0 radical (unpaired) electrons. The number of rotatable bonds is 6. The summed E-state index contributed by atoms with van der Waals surface area (Å²) in [7, 11) is 0. The quantitative estimate of drug-likeness (QED) is 0.711. The molecule has 3 aromatic rings. The van der Waals surface area contributed by atoms with Crippen molar-refractivity contribution in [1.29, 1.82) is 0 Å². The molecule has 0 atom stereocenters. The Labute approximate surface area is 164 Å². The Morgan fingerprint density at radius 3 is 2.71 bits per heavy atom. The smallest absolute Gasteiger partial charge is 0.251 e. The van der Waals surface area contributed by atoms with Crippen molar-refractivity contribution in [1.82, 2.24) is 25.2 Å². The van der Waals surface area contributed by atoms with Gasteiger partial charge >= 0.3 is 0 Å². The maximum Gasteiger partial charge on any atom is 0.251 e. The Balaban J connectivity index is 1.43. The number of carbonyl (C=O) groups excluding carboxylic acids is 1. The van der Waals surface area contributed by atoms with Crippen LogP contribution >= 0.6 is 0 Å². The Morgan fingerprint density at radius 2 is 1.93 bits per heavy atom. The molecule has 28 heavy (non-hydrogen) atoms. The highest BCUT2D eigenvalue weighted by atomic mass is 16.5. The molecule has 7 heteroatoms. The molecule has 1 saturated heterocycles. The standard InChI is InChI=1S/C21H25N5O2/c1-2-26-20-8-7-16(13-19(20)23-24-26)21(27)22-14-17-5-3-4-6-18(17)15-25-9-11-28-12-10-25/h3-8,13H,2,9-12,14-15H2,1H3,(H,22,27). The van der Waals surface area contributed by atoms with E-state index < -0.39 is 0 Å². The van der Waals surface area contributed by atoms with Gasteiger partial charge in [0.25, 0.3) is 5.91 Å². The SMILES string of the molecule is CCn1nnc2cc(C(=O)NCc3ccccc3CN3CCOCC3)ccc21. The summed E-state index contributed by atoms with van der Waals surface area (Å²) < 4.78 is 7.24. The summed E-state index contributed by atoms with van der Waals surface area (Å²) in [5, 5.41) is 11.3. The molecule has 146 valence electrons. The van der Waals surface area contributed by atoms with E-state index in [0.717, 1.165) is 56.0 Å². The van der Waals surface area contributed by atoms with E-state index in [1.165, 1.54) is 5.56 Å². The molecule has 0 spiro atoms. The van der Waals surface area contributed by atoms with Crippen LogP contribution in [0.15, 0.2) is 42.5 Å². The van der Waals surface area contributed by atoms with Gasteiger partial charge in [-0.25, -0.2) is 4.68 Å². The Hall–Kier alpha value is -2.77. The largest absolute Gasteiger partial charge is 0.379 e. The fourth-order valence-corrected chi connectivity index (χ4v) is 3.51. The first kappa shape index (κ1) is 18.6. The van der Waals surface area contributed by atoms with Gasteiger partial charge in [-0.2, -0.15) is 0 Å². The molecule has 2 heterocycles. The van der Waals surface area contributed by atoms with Crippen LogP contribution in [0.25, 0.3) is 11.0 Å². The number of fused-ring (bicyclic) bond motifs is 1. The van der Waals surface area contributed by atoms with Crippen LogP contribution in [0.4, 0.5) is 0 Å². The zero-order valence-corrected chi connectivity index (χ0v) is 16.1. The third kappa shape index (κ3) is 4.05. The van der Waals surface area contributed by atoms with Crippen molar-refractivity contribution in [3.8, 4) is 0 Å². The van der Waals surface area contributed by atoms with Crippen molar-refractivity contribution in [2.75, 3.05) is 26.3 Å². The van der Waals surface area contributed by atoms with Crippen LogP contribution in [-0.4, -0.2) is 52.1 Å². The van der Waals surface area contributed by atoms with Gasteiger partial charge in [0, 0.05) is 38.3 Å². The van der Waals surface area contributed by atoms with Gasteiger partial charge in [-0.15, -0.1) is 5.10 Å². The number of morpholine rings is 1. The van der Waals surface area contributed by atoms with Crippen molar-refractivity contribution in [3.05, 3.63) is 59.2 Å². The zero-order valence-electron chi connectivity index (χ0n) is 16.1. The zero-order chi connectivity index (χ0) is 19.3. The average Bonchev–Trinajstić information content (AvgIpc) is 3.16. The lowest BCUT2D eigenvalue weighted by molar-refractivity contribution is 0.0340. The maximum absolute atomic E-state index is 12.6. The van der Waals surface area contributed by atoms with Gasteiger partial charge in [0.1, 0.15) is 5.52 Å². The third-order valence-corrected chi connectivity index (χ3v) is 5.13. The van der Waals surface area contributed by atoms with Gasteiger partial charge in [-0.05, 0) is 36.2 Å². The van der Waals surface area contributed by atoms with Gasteiger partial charge in [0.05, 0.1) is 18.7 Å². The molecule has 1 aliphatic heterocycles. The number of benzene rings is 2. The van der Waals surface area contributed by atoms with E-state index in [0.29, 0.717) is 12.1 Å². The van der Waals surface area contributed by atoms with Crippen LogP contribution in [0, 0.1) is 0 Å². The number of nitrogens with one attached hydrogen (secondary N) is 1. The van der Waals surface area contributed by atoms with Crippen molar-refractivity contribution in [2.45, 2.75) is 26.6 Å². The van der Waals surface area contributed by atoms with Crippen LogP contribution in [0.5, 0.6) is 0 Å². The fourth-order valence-electron chi connectivity index (χ4n) is 3.51. The second-order valence-corrected chi connectivity index (χ2v) is 6.95. The molecule has 1 N–H and O–H groups in total. The van der Waals surface area contributed by atoms with Gasteiger partial charge in [-0.1, -0.05) is 29.5 Å². The van der Waals surface area contributed by atoms with Gasteiger partial charge < -0.3 is 10.1 Å². The summed E-state index contributed by atoms with van der Waals surface area (Å²) >= 11 is 0. The van der Waals surface area contributed by atoms with E-state index >= 15 is 0 Å². The molecular weight excluding hydrogens is 354 g/mol. The summed E-state index contributed by atoms with van der Waals surface area (Å²) in [4.78, 5) is 15.0. The average molecular weight is 379 g/mol. The second kappa shape index (κ2) is 8.50. The Morgan fingerprint density at radius 1 is 1.14 bits per heavy atom. The monoisotopic (exact) mass is 379 g/mol. The van der Waals surface area contributed by atoms with Crippen molar-refractivity contribution in [2.24, 2.45) is 0 Å². The van der Waals surface area contributed by atoms with E-state index in [9.17, 15) is 4.79 Å². The Kier molecular flexibility index (Phi) is 5.64. The lowest BCUT2D eigenvalue weighted by Gasteiger charge is -2.27.